The van der Waals surface area contributed by atoms with Crippen LogP contribution < -0.4 is 10.6 Å². The number of hydrogen-bond donors (Lipinski definition) is 3. The summed E-state index contributed by atoms with van der Waals surface area (Å²) in [6, 6.07) is 6.32. The van der Waals surface area contributed by atoms with Crippen LogP contribution in [0.5, 0.6) is 0 Å². The molecule has 20 heavy (non-hydrogen) atoms. The highest BCUT2D eigenvalue weighted by atomic mass is 16.4. The number of carboxylic acids is 1. The highest BCUT2D eigenvalue weighted by molar-refractivity contribution is 5.96. The number of rotatable bonds is 6. The minimum atomic E-state index is -0.890. The number of benzene rings is 1. The maximum Gasteiger partial charge on any atom is 0.303 e. The first-order valence-electron chi connectivity index (χ1n) is 6.29. The molecule has 6 heteroatoms. The number of amides is 2. The highest BCUT2D eigenvalue weighted by Gasteiger charge is 2.11. The van der Waals surface area contributed by atoms with E-state index in [-0.39, 0.29) is 24.3 Å². The fraction of sp³-hybridized carbons (Fsp3) is 0.357. The second-order valence-electron chi connectivity index (χ2n) is 4.57. The van der Waals surface area contributed by atoms with Crippen LogP contribution in [0.15, 0.2) is 24.3 Å². The molecule has 0 bridgehead atoms. The first kappa shape index (κ1) is 15.7. The maximum atomic E-state index is 12.0. The maximum absolute atomic E-state index is 12.0. The van der Waals surface area contributed by atoms with Crippen molar-refractivity contribution in [1.29, 1.82) is 0 Å². The summed E-state index contributed by atoms with van der Waals surface area (Å²) in [5, 5.41) is 13.9. The molecule has 6 nitrogen and oxygen atoms in total. The number of hydrogen-bond acceptors (Lipinski definition) is 3. The Morgan fingerprint density at radius 3 is 2.60 bits per heavy atom. The molecule has 0 radical (unpaired) electrons. The lowest BCUT2D eigenvalue weighted by molar-refractivity contribution is -0.137. The quantitative estimate of drug-likeness (QED) is 0.737. The number of aliphatic carboxylic acids is 1. The van der Waals surface area contributed by atoms with Crippen molar-refractivity contribution in [3.05, 3.63) is 29.8 Å². The zero-order valence-electron chi connectivity index (χ0n) is 11.5. The molecular formula is C14H18N2O4. The van der Waals surface area contributed by atoms with Crippen LogP contribution in [0.4, 0.5) is 5.69 Å². The summed E-state index contributed by atoms with van der Waals surface area (Å²) in [6.07, 6.45) is 0.375. The number of carboxylic acid groups (broad SMARTS) is 1. The van der Waals surface area contributed by atoms with Crippen LogP contribution in [0.2, 0.25) is 0 Å². The minimum Gasteiger partial charge on any atom is -0.481 e. The van der Waals surface area contributed by atoms with Gasteiger partial charge in [-0.3, -0.25) is 14.4 Å². The third-order valence-electron chi connectivity index (χ3n) is 2.61. The van der Waals surface area contributed by atoms with Gasteiger partial charge in [0.2, 0.25) is 5.91 Å². The van der Waals surface area contributed by atoms with Crippen molar-refractivity contribution in [3.63, 3.8) is 0 Å². The van der Waals surface area contributed by atoms with E-state index in [0.717, 1.165) is 0 Å². The summed E-state index contributed by atoms with van der Waals surface area (Å²) in [5.41, 5.74) is 0.960. The molecule has 0 aliphatic carbocycles. The van der Waals surface area contributed by atoms with Crippen molar-refractivity contribution in [3.8, 4) is 0 Å². The van der Waals surface area contributed by atoms with E-state index in [1.807, 2.05) is 0 Å². The van der Waals surface area contributed by atoms with Crippen LogP contribution in [0.25, 0.3) is 0 Å². The second-order valence-corrected chi connectivity index (χ2v) is 4.57. The molecule has 0 saturated heterocycles. The molecule has 1 atom stereocenters. The minimum absolute atomic E-state index is 0.00732. The van der Waals surface area contributed by atoms with Gasteiger partial charge in [-0.2, -0.15) is 0 Å². The van der Waals surface area contributed by atoms with Gasteiger partial charge in [0.1, 0.15) is 0 Å². The second kappa shape index (κ2) is 7.28. The number of carbonyl (C=O) groups is 3. The van der Waals surface area contributed by atoms with Gasteiger partial charge in [-0.1, -0.05) is 6.07 Å². The average molecular weight is 278 g/mol. The first-order chi connectivity index (χ1) is 9.38. The molecule has 1 unspecified atom stereocenters. The van der Waals surface area contributed by atoms with Crippen LogP contribution in [0.1, 0.15) is 37.0 Å². The normalized spacial score (nSPS) is 11.5. The SMILES string of the molecule is CC(=O)Nc1cccc(C(=O)NC(C)CCC(=O)O)c1. The Labute approximate surface area is 117 Å². The lowest BCUT2D eigenvalue weighted by Crippen LogP contribution is -2.33. The van der Waals surface area contributed by atoms with Gasteiger partial charge in [0.15, 0.2) is 0 Å². The van der Waals surface area contributed by atoms with Crippen LogP contribution >= 0.6 is 0 Å². The number of nitrogens with one attached hydrogen (secondary N) is 2. The molecule has 3 N–H and O–H groups in total. The van der Waals surface area contributed by atoms with Crippen molar-refractivity contribution < 1.29 is 19.5 Å². The lowest BCUT2D eigenvalue weighted by Gasteiger charge is -2.13. The Hall–Kier alpha value is -2.37. The van der Waals surface area contributed by atoms with Gasteiger partial charge >= 0.3 is 5.97 Å². The molecule has 0 aliphatic heterocycles. The zero-order chi connectivity index (χ0) is 15.1. The third-order valence-corrected chi connectivity index (χ3v) is 2.61. The van der Waals surface area contributed by atoms with E-state index in [9.17, 15) is 14.4 Å². The van der Waals surface area contributed by atoms with Crippen LogP contribution in [0, 0.1) is 0 Å². The molecular weight excluding hydrogens is 260 g/mol. The fourth-order valence-electron chi connectivity index (χ4n) is 1.66. The Kier molecular flexibility index (Phi) is 5.71. The van der Waals surface area contributed by atoms with Crippen LogP contribution in [-0.2, 0) is 9.59 Å². The van der Waals surface area contributed by atoms with E-state index in [0.29, 0.717) is 17.7 Å². The largest absolute Gasteiger partial charge is 0.481 e. The van der Waals surface area contributed by atoms with Crippen LogP contribution in [0.3, 0.4) is 0 Å². The molecule has 1 aromatic rings. The Balaban J connectivity index is 2.62. The van der Waals surface area contributed by atoms with E-state index in [1.54, 1.807) is 31.2 Å². The van der Waals surface area contributed by atoms with Crippen molar-refractivity contribution in [2.75, 3.05) is 5.32 Å². The van der Waals surface area contributed by atoms with E-state index in [1.165, 1.54) is 6.92 Å². The smallest absolute Gasteiger partial charge is 0.303 e. The summed E-state index contributed by atoms with van der Waals surface area (Å²) in [6.45, 7) is 3.14. The molecule has 1 rings (SSSR count). The lowest BCUT2D eigenvalue weighted by atomic mass is 10.1. The Morgan fingerprint density at radius 2 is 2.00 bits per heavy atom. The Bertz CT molecular complexity index is 514. The average Bonchev–Trinajstić information content (AvgIpc) is 2.36. The number of anilines is 1. The van der Waals surface area contributed by atoms with Crippen molar-refractivity contribution >= 4 is 23.5 Å². The van der Waals surface area contributed by atoms with Gasteiger partial charge in [-0.15, -0.1) is 0 Å². The Morgan fingerprint density at radius 1 is 1.30 bits per heavy atom. The molecule has 0 aromatic heterocycles. The summed E-state index contributed by atoms with van der Waals surface area (Å²) in [7, 11) is 0. The van der Waals surface area contributed by atoms with E-state index in [4.69, 9.17) is 5.11 Å². The predicted molar refractivity (Wildman–Crippen MR) is 74.5 cm³/mol. The van der Waals surface area contributed by atoms with E-state index in [2.05, 4.69) is 10.6 Å². The monoisotopic (exact) mass is 278 g/mol. The topological polar surface area (TPSA) is 95.5 Å². The molecule has 0 spiro atoms. The molecule has 1 aromatic carbocycles. The summed E-state index contributed by atoms with van der Waals surface area (Å²) in [5.74, 6) is -1.40. The zero-order valence-corrected chi connectivity index (χ0v) is 11.5. The predicted octanol–water partition coefficient (Wildman–Crippen LogP) is 1.63. The first-order valence-corrected chi connectivity index (χ1v) is 6.29. The van der Waals surface area contributed by atoms with Gasteiger partial charge in [-0.05, 0) is 31.5 Å². The van der Waals surface area contributed by atoms with E-state index < -0.39 is 5.97 Å². The molecule has 0 aliphatic rings. The van der Waals surface area contributed by atoms with Crippen molar-refractivity contribution in [2.45, 2.75) is 32.7 Å². The molecule has 2 amide bonds. The van der Waals surface area contributed by atoms with Gasteiger partial charge < -0.3 is 15.7 Å². The highest BCUT2D eigenvalue weighted by Crippen LogP contribution is 2.11. The molecule has 0 heterocycles. The molecule has 0 fully saturated rings. The van der Waals surface area contributed by atoms with E-state index >= 15 is 0 Å². The number of carbonyl (C=O) groups excluding carboxylic acids is 2. The summed E-state index contributed by atoms with van der Waals surface area (Å²) < 4.78 is 0. The standard InChI is InChI=1S/C14H18N2O4/c1-9(6-7-13(18)19)15-14(20)11-4-3-5-12(8-11)16-10(2)17/h3-5,8-9H,6-7H2,1-2H3,(H,15,20)(H,16,17)(H,18,19). The fourth-order valence-corrected chi connectivity index (χ4v) is 1.66. The third kappa shape index (κ3) is 5.51. The van der Waals surface area contributed by atoms with Crippen molar-refractivity contribution in [1.82, 2.24) is 5.32 Å². The summed E-state index contributed by atoms with van der Waals surface area (Å²) in [4.78, 5) is 33.4. The van der Waals surface area contributed by atoms with Gasteiger partial charge in [-0.25, -0.2) is 0 Å². The molecule has 0 saturated carbocycles. The molecule has 108 valence electrons. The van der Waals surface area contributed by atoms with Gasteiger partial charge in [0.25, 0.3) is 5.91 Å². The van der Waals surface area contributed by atoms with Crippen molar-refractivity contribution in [2.24, 2.45) is 0 Å². The van der Waals surface area contributed by atoms with Crippen LogP contribution in [-0.4, -0.2) is 28.9 Å². The van der Waals surface area contributed by atoms with Gasteiger partial charge in [0.05, 0.1) is 0 Å². The van der Waals surface area contributed by atoms with Gasteiger partial charge in [0, 0.05) is 30.6 Å². The summed E-state index contributed by atoms with van der Waals surface area (Å²) >= 11 is 0.